The lowest BCUT2D eigenvalue weighted by Gasteiger charge is -2.32. The molecule has 0 bridgehead atoms. The van der Waals surface area contributed by atoms with Crippen molar-refractivity contribution in [3.8, 4) is 0 Å². The summed E-state index contributed by atoms with van der Waals surface area (Å²) >= 11 is 1.41. The van der Waals surface area contributed by atoms with Gasteiger partial charge in [0.05, 0.1) is 13.0 Å². The summed E-state index contributed by atoms with van der Waals surface area (Å²) in [6.07, 6.45) is 5.20. The molecule has 12 heteroatoms. The number of amides is 2. The van der Waals surface area contributed by atoms with Gasteiger partial charge in [-0.1, -0.05) is 53.8 Å². The minimum atomic E-state index is -0.550. The Morgan fingerprint density at radius 1 is 0.820 bits per heavy atom. The summed E-state index contributed by atoms with van der Waals surface area (Å²) in [4.78, 5) is 29.7. The third-order valence-corrected chi connectivity index (χ3v) is 10.4. The lowest BCUT2D eigenvalue weighted by molar-refractivity contribution is -0.115. The number of nitrogens with one attached hydrogen (secondary N) is 2. The zero-order chi connectivity index (χ0) is 34.7. The zero-order valence-corrected chi connectivity index (χ0v) is 29.0. The minimum Gasteiger partial charge on any atom is -0.377 e. The van der Waals surface area contributed by atoms with E-state index in [2.05, 4.69) is 30.6 Å². The maximum Gasteiger partial charge on any atom is 0.251 e. The van der Waals surface area contributed by atoms with E-state index in [0.717, 1.165) is 80.6 Å². The number of hydrogen-bond acceptors (Lipinski definition) is 8. The molecule has 0 aliphatic carbocycles. The summed E-state index contributed by atoms with van der Waals surface area (Å²) in [5.41, 5.74) is 3.19. The van der Waals surface area contributed by atoms with Crippen LogP contribution in [0.5, 0.6) is 0 Å². The van der Waals surface area contributed by atoms with E-state index in [0.29, 0.717) is 60.8 Å². The molecule has 264 valence electrons. The topological polar surface area (TPSA) is 99.7 Å². The van der Waals surface area contributed by atoms with E-state index in [1.54, 1.807) is 0 Å². The van der Waals surface area contributed by atoms with E-state index in [4.69, 9.17) is 4.74 Å². The van der Waals surface area contributed by atoms with Crippen LogP contribution < -0.4 is 15.5 Å². The van der Waals surface area contributed by atoms with Gasteiger partial charge in [0.2, 0.25) is 16.2 Å². The van der Waals surface area contributed by atoms with Crippen LogP contribution in [0.4, 0.5) is 19.0 Å². The normalized spacial score (nSPS) is 16.0. The zero-order valence-electron chi connectivity index (χ0n) is 28.2. The Hall–Kier alpha value is -4.26. The first kappa shape index (κ1) is 35.6. The highest BCUT2D eigenvalue weighted by Gasteiger charge is 2.23. The summed E-state index contributed by atoms with van der Waals surface area (Å²) < 4.78 is 33.1. The molecular formula is C38H44F2N6O3S. The predicted molar refractivity (Wildman–Crippen MR) is 191 cm³/mol. The number of rotatable bonds is 14. The molecule has 2 aliphatic heterocycles. The molecule has 2 aliphatic rings. The number of ether oxygens (including phenoxy) is 1. The van der Waals surface area contributed by atoms with Gasteiger partial charge in [-0.05, 0) is 98.0 Å². The predicted octanol–water partition coefficient (Wildman–Crippen LogP) is 6.46. The van der Waals surface area contributed by atoms with Crippen LogP contribution in [0.15, 0.2) is 72.8 Å². The van der Waals surface area contributed by atoms with Crippen LogP contribution in [0.1, 0.15) is 59.2 Å². The molecule has 3 heterocycles. The van der Waals surface area contributed by atoms with E-state index in [-0.39, 0.29) is 11.8 Å². The molecule has 9 nitrogen and oxygen atoms in total. The fraction of sp³-hybridized carbons (Fsp3) is 0.421. The van der Waals surface area contributed by atoms with Gasteiger partial charge < -0.3 is 20.3 Å². The Morgan fingerprint density at radius 3 is 2.30 bits per heavy atom. The standard InChI is InChI=1S/C38H44F2N6O3S/c39-33-20-31(21-34(40)23-33)25-45-14-9-29(10-15-45)24-41-36(48)32-8-4-7-30(19-32)26-49-18-13-27-11-16-46(17-12-27)38-44-43-37(50-38)42-35(47)22-28-5-2-1-3-6-28/h1-8,19-21,23,27,29H,9-18,22,24-26H2,(H,41,48)(H,42,43,47). The summed E-state index contributed by atoms with van der Waals surface area (Å²) in [6.45, 7) is 5.67. The first-order valence-corrected chi connectivity index (χ1v) is 18.2. The smallest absolute Gasteiger partial charge is 0.251 e. The van der Waals surface area contributed by atoms with E-state index in [1.165, 1.54) is 23.5 Å². The van der Waals surface area contributed by atoms with Gasteiger partial charge >= 0.3 is 0 Å². The van der Waals surface area contributed by atoms with Gasteiger partial charge in [-0.25, -0.2) is 8.78 Å². The van der Waals surface area contributed by atoms with Gasteiger partial charge in [0, 0.05) is 44.4 Å². The van der Waals surface area contributed by atoms with E-state index in [1.807, 2.05) is 54.6 Å². The van der Waals surface area contributed by atoms with Crippen LogP contribution in [0.2, 0.25) is 0 Å². The second kappa shape index (κ2) is 17.6. The Morgan fingerprint density at radius 2 is 1.54 bits per heavy atom. The van der Waals surface area contributed by atoms with Crippen molar-refractivity contribution in [3.05, 3.63) is 107 Å². The Kier molecular flexibility index (Phi) is 12.5. The lowest BCUT2D eigenvalue weighted by Crippen LogP contribution is -2.38. The van der Waals surface area contributed by atoms with Crippen molar-refractivity contribution in [2.45, 2.75) is 51.7 Å². The van der Waals surface area contributed by atoms with Crippen LogP contribution >= 0.6 is 11.3 Å². The van der Waals surface area contributed by atoms with Crippen molar-refractivity contribution >= 4 is 33.4 Å². The molecule has 3 aromatic carbocycles. The second-order valence-corrected chi connectivity index (χ2v) is 14.2. The molecule has 0 radical (unpaired) electrons. The third kappa shape index (κ3) is 10.6. The van der Waals surface area contributed by atoms with Crippen LogP contribution in [0.3, 0.4) is 0 Å². The van der Waals surface area contributed by atoms with Gasteiger partial charge in [-0.2, -0.15) is 0 Å². The number of halogens is 2. The lowest BCUT2D eigenvalue weighted by atomic mass is 9.94. The van der Waals surface area contributed by atoms with Crippen molar-refractivity contribution in [1.82, 2.24) is 20.4 Å². The number of hydrogen-bond donors (Lipinski definition) is 2. The summed E-state index contributed by atoms with van der Waals surface area (Å²) in [5.74, 6) is -0.355. The molecule has 6 rings (SSSR count). The molecule has 4 aromatic rings. The number of nitrogens with zero attached hydrogens (tertiary/aromatic N) is 4. The Balaban J connectivity index is 0.846. The maximum atomic E-state index is 13.5. The summed E-state index contributed by atoms with van der Waals surface area (Å²) in [7, 11) is 0. The van der Waals surface area contributed by atoms with Gasteiger partial charge in [0.25, 0.3) is 5.91 Å². The number of carbonyl (C=O) groups excluding carboxylic acids is 2. The number of piperidine rings is 2. The maximum absolute atomic E-state index is 13.5. The number of benzene rings is 3. The minimum absolute atomic E-state index is 0.0895. The van der Waals surface area contributed by atoms with Gasteiger partial charge in [-0.15, -0.1) is 10.2 Å². The summed E-state index contributed by atoms with van der Waals surface area (Å²) in [6, 6.07) is 20.9. The molecule has 2 amide bonds. The molecular weight excluding hydrogens is 659 g/mol. The van der Waals surface area contributed by atoms with Crippen LogP contribution in [-0.4, -0.2) is 66.2 Å². The SMILES string of the molecule is O=C(Cc1ccccc1)Nc1nnc(N2CCC(CCOCc3cccc(C(=O)NCC4CCN(Cc5cc(F)cc(F)c5)CC4)c3)CC2)s1. The van der Waals surface area contributed by atoms with E-state index in [9.17, 15) is 18.4 Å². The van der Waals surface area contributed by atoms with Crippen molar-refractivity contribution < 1.29 is 23.1 Å². The first-order chi connectivity index (χ1) is 24.4. The van der Waals surface area contributed by atoms with Crippen molar-refractivity contribution in [3.63, 3.8) is 0 Å². The first-order valence-electron chi connectivity index (χ1n) is 17.4. The molecule has 0 unspecified atom stereocenters. The van der Waals surface area contributed by atoms with E-state index >= 15 is 0 Å². The molecule has 2 saturated heterocycles. The average molecular weight is 703 g/mol. The van der Waals surface area contributed by atoms with Gasteiger partial charge in [0.15, 0.2) is 0 Å². The molecule has 1 aromatic heterocycles. The Bertz CT molecular complexity index is 1690. The highest BCUT2D eigenvalue weighted by atomic mass is 32.1. The molecule has 2 fully saturated rings. The van der Waals surface area contributed by atoms with Crippen LogP contribution in [-0.2, 0) is 29.1 Å². The van der Waals surface area contributed by atoms with Gasteiger partial charge in [0.1, 0.15) is 11.6 Å². The van der Waals surface area contributed by atoms with Crippen molar-refractivity contribution in [2.24, 2.45) is 11.8 Å². The molecule has 0 atom stereocenters. The fourth-order valence-corrected chi connectivity index (χ4v) is 7.45. The number of likely N-dealkylation sites (tertiary alicyclic amines) is 1. The molecule has 0 spiro atoms. The number of carbonyl (C=O) groups is 2. The molecule has 50 heavy (non-hydrogen) atoms. The van der Waals surface area contributed by atoms with Crippen molar-refractivity contribution in [2.75, 3.05) is 49.5 Å². The van der Waals surface area contributed by atoms with E-state index < -0.39 is 11.6 Å². The number of aromatic nitrogens is 2. The highest BCUT2D eigenvalue weighted by molar-refractivity contribution is 7.19. The highest BCUT2D eigenvalue weighted by Crippen LogP contribution is 2.29. The number of anilines is 2. The summed E-state index contributed by atoms with van der Waals surface area (Å²) in [5, 5.41) is 15.8. The monoisotopic (exact) mass is 702 g/mol. The molecule has 2 N–H and O–H groups in total. The van der Waals surface area contributed by atoms with Crippen LogP contribution in [0, 0.1) is 23.5 Å². The largest absolute Gasteiger partial charge is 0.377 e. The third-order valence-electron chi connectivity index (χ3n) is 9.47. The Labute approximate surface area is 296 Å². The van der Waals surface area contributed by atoms with Crippen LogP contribution in [0.25, 0.3) is 0 Å². The van der Waals surface area contributed by atoms with Crippen molar-refractivity contribution in [1.29, 1.82) is 0 Å². The second-order valence-electron chi connectivity index (χ2n) is 13.3. The fourth-order valence-electron chi connectivity index (χ4n) is 6.64. The average Bonchev–Trinajstić information content (AvgIpc) is 3.58. The van der Waals surface area contributed by atoms with Gasteiger partial charge in [-0.3, -0.25) is 14.5 Å². The quantitative estimate of drug-likeness (QED) is 0.146. The molecule has 0 saturated carbocycles.